The van der Waals surface area contributed by atoms with E-state index in [-0.39, 0.29) is 5.41 Å². The zero-order valence-electron chi connectivity index (χ0n) is 10.2. The average molecular weight is 225 g/mol. The Kier molecular flexibility index (Phi) is 2.34. The van der Waals surface area contributed by atoms with Crippen molar-refractivity contribution in [3.63, 3.8) is 0 Å². The third-order valence-electron chi connectivity index (χ3n) is 5.32. The van der Waals surface area contributed by atoms with Crippen molar-refractivity contribution in [2.24, 2.45) is 17.1 Å². The van der Waals surface area contributed by atoms with Crippen LogP contribution in [0.2, 0.25) is 0 Å². The third-order valence-corrected chi connectivity index (χ3v) is 5.32. The molecule has 4 saturated heterocycles. The van der Waals surface area contributed by atoms with E-state index in [2.05, 4.69) is 16.7 Å². The molecule has 3 atom stereocenters. The van der Waals surface area contributed by atoms with E-state index in [1.54, 1.807) is 0 Å². The van der Waals surface area contributed by atoms with Crippen molar-refractivity contribution in [3.05, 3.63) is 0 Å². The lowest BCUT2D eigenvalue weighted by Crippen LogP contribution is -2.73. The van der Waals surface area contributed by atoms with Gasteiger partial charge in [0.05, 0.1) is 5.60 Å². The van der Waals surface area contributed by atoms with Crippen LogP contribution in [0.25, 0.3) is 0 Å². The van der Waals surface area contributed by atoms with Crippen LogP contribution in [0.1, 0.15) is 13.3 Å². The van der Waals surface area contributed by atoms with E-state index in [0.29, 0.717) is 12.5 Å². The first-order valence-electron chi connectivity index (χ1n) is 6.51. The smallest absolute Gasteiger partial charge is 0.0901 e. The number of piperidine rings is 2. The highest BCUT2D eigenvalue weighted by atomic mass is 16.3. The molecule has 0 radical (unpaired) electrons. The van der Waals surface area contributed by atoms with Gasteiger partial charge in [-0.25, -0.2) is 0 Å². The van der Waals surface area contributed by atoms with Crippen LogP contribution in [-0.2, 0) is 0 Å². The lowest BCUT2D eigenvalue weighted by molar-refractivity contribution is -0.193. The van der Waals surface area contributed by atoms with E-state index in [9.17, 15) is 5.11 Å². The van der Waals surface area contributed by atoms with Crippen molar-refractivity contribution in [1.82, 2.24) is 9.80 Å². The molecule has 3 unspecified atom stereocenters. The molecule has 4 bridgehead atoms. The highest BCUT2D eigenvalue weighted by Crippen LogP contribution is 2.49. The van der Waals surface area contributed by atoms with Gasteiger partial charge in [0.1, 0.15) is 0 Å². The Bertz CT molecular complexity index is 280. The Morgan fingerprint density at radius 2 is 1.81 bits per heavy atom. The maximum Gasteiger partial charge on any atom is 0.0901 e. The second-order valence-corrected chi connectivity index (χ2v) is 5.93. The fraction of sp³-hybridized carbons (Fsp3) is 1.00. The van der Waals surface area contributed by atoms with Crippen LogP contribution in [0.5, 0.6) is 0 Å². The summed E-state index contributed by atoms with van der Waals surface area (Å²) in [6, 6.07) is 0. The van der Waals surface area contributed by atoms with Crippen molar-refractivity contribution in [2.75, 3.05) is 45.8 Å². The Balaban J connectivity index is 2.04. The SMILES string of the molecule is CCC12CN3CCN(CC(C3)C1(O)CN)C2. The molecule has 4 aliphatic heterocycles. The molecule has 0 aromatic rings. The van der Waals surface area contributed by atoms with Gasteiger partial charge in [-0.15, -0.1) is 0 Å². The quantitative estimate of drug-likeness (QED) is 0.655. The van der Waals surface area contributed by atoms with Crippen molar-refractivity contribution in [3.8, 4) is 0 Å². The molecule has 4 fully saturated rings. The van der Waals surface area contributed by atoms with Crippen LogP contribution in [-0.4, -0.2) is 66.3 Å². The highest BCUT2D eigenvalue weighted by Gasteiger charge is 2.61. The first-order chi connectivity index (χ1) is 7.63. The van der Waals surface area contributed by atoms with E-state index < -0.39 is 5.60 Å². The van der Waals surface area contributed by atoms with Crippen LogP contribution in [0.3, 0.4) is 0 Å². The number of hydrogen-bond donors (Lipinski definition) is 2. The monoisotopic (exact) mass is 225 g/mol. The third kappa shape index (κ3) is 1.19. The van der Waals surface area contributed by atoms with Gasteiger partial charge >= 0.3 is 0 Å². The van der Waals surface area contributed by atoms with E-state index in [4.69, 9.17) is 5.73 Å². The fourth-order valence-corrected chi connectivity index (χ4v) is 4.26. The Labute approximate surface area is 97.4 Å². The van der Waals surface area contributed by atoms with Gasteiger partial charge in [0.15, 0.2) is 0 Å². The summed E-state index contributed by atoms with van der Waals surface area (Å²) >= 11 is 0. The summed E-state index contributed by atoms with van der Waals surface area (Å²) in [7, 11) is 0. The van der Waals surface area contributed by atoms with Gasteiger partial charge in [-0.2, -0.15) is 0 Å². The van der Waals surface area contributed by atoms with Crippen molar-refractivity contribution < 1.29 is 5.11 Å². The highest BCUT2D eigenvalue weighted by molar-refractivity contribution is 5.14. The average Bonchev–Trinajstić information content (AvgIpc) is 2.54. The molecule has 92 valence electrons. The first-order valence-corrected chi connectivity index (χ1v) is 6.51. The Morgan fingerprint density at radius 1 is 1.25 bits per heavy atom. The number of aliphatic hydroxyl groups is 1. The summed E-state index contributed by atoms with van der Waals surface area (Å²) in [6.45, 7) is 9.09. The molecule has 0 aliphatic carbocycles. The second kappa shape index (κ2) is 3.42. The summed E-state index contributed by atoms with van der Waals surface area (Å²) < 4.78 is 0. The maximum atomic E-state index is 11.0. The molecule has 4 heteroatoms. The van der Waals surface area contributed by atoms with E-state index >= 15 is 0 Å². The number of fused-ring (bicyclic) bond motifs is 1. The van der Waals surface area contributed by atoms with Crippen LogP contribution < -0.4 is 5.73 Å². The molecule has 0 saturated carbocycles. The van der Waals surface area contributed by atoms with Crippen molar-refractivity contribution in [2.45, 2.75) is 18.9 Å². The molecule has 4 aliphatic rings. The maximum absolute atomic E-state index is 11.0. The van der Waals surface area contributed by atoms with Crippen LogP contribution in [0, 0.1) is 11.3 Å². The van der Waals surface area contributed by atoms with E-state index in [0.717, 1.165) is 32.6 Å². The summed E-state index contributed by atoms with van der Waals surface area (Å²) in [5.74, 6) is 0.349. The zero-order valence-corrected chi connectivity index (χ0v) is 10.2. The van der Waals surface area contributed by atoms with Gasteiger partial charge in [-0.05, 0) is 6.42 Å². The lowest BCUT2D eigenvalue weighted by Gasteiger charge is -2.60. The summed E-state index contributed by atoms with van der Waals surface area (Å²) in [6.07, 6.45) is 1.03. The van der Waals surface area contributed by atoms with E-state index in [1.807, 2.05) is 0 Å². The molecule has 4 nitrogen and oxygen atoms in total. The molecule has 0 amide bonds. The first kappa shape index (κ1) is 11.0. The minimum absolute atomic E-state index is 0.0133. The summed E-state index contributed by atoms with van der Waals surface area (Å²) in [5, 5.41) is 11.0. The van der Waals surface area contributed by atoms with Gasteiger partial charge in [0.25, 0.3) is 0 Å². The fourth-order valence-electron chi connectivity index (χ4n) is 4.26. The van der Waals surface area contributed by atoms with Crippen molar-refractivity contribution >= 4 is 0 Å². The number of nitrogens with two attached hydrogens (primary N) is 1. The van der Waals surface area contributed by atoms with Crippen LogP contribution in [0.4, 0.5) is 0 Å². The predicted octanol–water partition coefficient (Wildman–Crippen LogP) is -0.666. The zero-order chi connectivity index (χ0) is 11.4. The Morgan fingerprint density at radius 3 is 2.25 bits per heavy atom. The molecule has 3 N–H and O–H groups in total. The van der Waals surface area contributed by atoms with Gasteiger partial charge in [-0.1, -0.05) is 6.92 Å². The molecular formula is C12H23N3O. The minimum atomic E-state index is -0.626. The van der Waals surface area contributed by atoms with Crippen LogP contribution in [0.15, 0.2) is 0 Å². The van der Waals surface area contributed by atoms with Gasteiger partial charge in [0, 0.05) is 57.1 Å². The summed E-state index contributed by atoms with van der Waals surface area (Å²) in [5.41, 5.74) is 5.30. The minimum Gasteiger partial charge on any atom is -0.387 e. The van der Waals surface area contributed by atoms with Crippen molar-refractivity contribution in [1.29, 1.82) is 0 Å². The molecule has 4 rings (SSSR count). The van der Waals surface area contributed by atoms with E-state index in [1.165, 1.54) is 13.1 Å². The standard InChI is InChI=1S/C12H23N3O/c1-2-11-8-14-3-4-15(9-11)6-10(5-14)12(11,16)7-13/h10,16H,2-9,13H2,1H3. The van der Waals surface area contributed by atoms with Gasteiger partial charge in [0.2, 0.25) is 0 Å². The molecule has 0 spiro atoms. The molecule has 4 heterocycles. The molecule has 16 heavy (non-hydrogen) atoms. The summed E-state index contributed by atoms with van der Waals surface area (Å²) in [4.78, 5) is 5.07. The number of rotatable bonds is 2. The van der Waals surface area contributed by atoms with Gasteiger partial charge < -0.3 is 20.6 Å². The number of nitrogens with zero attached hydrogens (tertiary/aromatic N) is 2. The topological polar surface area (TPSA) is 52.7 Å². The lowest BCUT2D eigenvalue weighted by atomic mass is 9.59. The van der Waals surface area contributed by atoms with Crippen LogP contribution >= 0.6 is 0 Å². The largest absolute Gasteiger partial charge is 0.387 e. The second-order valence-electron chi connectivity index (χ2n) is 5.93. The molecule has 0 aromatic heterocycles. The normalized spacial score (nSPS) is 55.3. The Hall–Kier alpha value is -0.160. The van der Waals surface area contributed by atoms with Gasteiger partial charge in [-0.3, -0.25) is 0 Å². The number of hydrogen-bond acceptors (Lipinski definition) is 4. The predicted molar refractivity (Wildman–Crippen MR) is 63.1 cm³/mol. The molecule has 0 aromatic carbocycles. The molecular weight excluding hydrogens is 202 g/mol.